The van der Waals surface area contributed by atoms with Gasteiger partial charge >= 0.3 is 301 Å². The normalized spacial score (nSPS) is 22.8. The van der Waals surface area contributed by atoms with E-state index in [1.807, 2.05) is 0 Å². The molecule has 260 valence electrons. The fourth-order valence-corrected chi connectivity index (χ4v) is 77.0. The number of rotatable bonds is 8. The van der Waals surface area contributed by atoms with Gasteiger partial charge in [-0.15, -0.1) is 0 Å². The molecule has 8 rings (SSSR count). The molecule has 0 radical (unpaired) electrons. The van der Waals surface area contributed by atoms with E-state index < -0.39 is 14.2 Å². The van der Waals surface area contributed by atoms with E-state index in [4.69, 9.17) is 0 Å². The Hall–Kier alpha value is -2.55. The summed E-state index contributed by atoms with van der Waals surface area (Å²) >= 11 is -5.32. The summed E-state index contributed by atoms with van der Waals surface area (Å²) in [6.45, 7) is 12.0. The van der Waals surface area contributed by atoms with Gasteiger partial charge in [-0.1, -0.05) is 0 Å². The molecule has 2 heteroatoms. The molecule has 4 aromatic rings. The van der Waals surface area contributed by atoms with Gasteiger partial charge in [-0.3, -0.25) is 0 Å². The molecule has 2 atom stereocenters. The number of hydrogen-bond donors (Lipinski definition) is 0. The molecule has 50 heavy (non-hydrogen) atoms. The van der Waals surface area contributed by atoms with Gasteiger partial charge in [0.1, 0.15) is 0 Å². The van der Waals surface area contributed by atoms with Crippen LogP contribution in [0.1, 0.15) is 132 Å². The van der Waals surface area contributed by atoms with E-state index in [0.717, 1.165) is 7.35 Å². The first-order valence-electron chi connectivity index (χ1n) is 20.1. The SMILES string of the molecule is CC(C)c1cccc(-c2cccc3c2C=C[CH]3[Hf]([CH3])([CH3])(=[SiH2])([CH]2CCCC2)([CH]2CCCC2)[CH]2C=Cc3c(-c4cccc(C(C)C)c4)cccc32)c1. The van der Waals surface area contributed by atoms with Crippen LogP contribution in [0.2, 0.25) is 16.7 Å². The molecule has 2 saturated carbocycles. The van der Waals surface area contributed by atoms with E-state index in [1.165, 1.54) is 95.9 Å². The molecule has 0 amide bonds. The standard InChI is InChI=1S/2C18H17.2C5H9.2CH3.Hf.H2Si/c2*1-13(2)15-8-3-9-16(12-15)18-11-5-7-14-6-4-10-17(14)18;2*1-2-4-5-3-1;;;;/h2*3-13H,1-2H3;2*1H,2-5H2;2*1H3;;1H2. The van der Waals surface area contributed by atoms with Crippen LogP contribution in [0.15, 0.2) is 97.1 Å². The van der Waals surface area contributed by atoms with E-state index in [-0.39, 0.29) is 0 Å². The zero-order valence-corrected chi connectivity index (χ0v) is 36.7. The van der Waals surface area contributed by atoms with Crippen LogP contribution >= 0.6 is 0 Å². The third kappa shape index (κ3) is 4.49. The third-order valence-corrected chi connectivity index (χ3v) is 87.0. The number of allylic oxidation sites excluding steroid dienone is 2. The van der Waals surface area contributed by atoms with Gasteiger partial charge in [-0.25, -0.2) is 0 Å². The van der Waals surface area contributed by atoms with E-state index in [1.54, 1.807) is 11.1 Å². The van der Waals surface area contributed by atoms with E-state index in [2.05, 4.69) is 153 Å². The number of fused-ring (bicyclic) bond motifs is 2. The molecule has 0 aromatic heterocycles. The minimum atomic E-state index is -5.32. The fraction of sp³-hybridized carbons (Fsp3) is 0.417. The van der Waals surface area contributed by atoms with Gasteiger partial charge < -0.3 is 0 Å². The molecule has 0 aliphatic heterocycles. The predicted molar refractivity (Wildman–Crippen MR) is 220 cm³/mol. The zero-order chi connectivity index (χ0) is 35.0. The van der Waals surface area contributed by atoms with E-state index in [9.17, 15) is 0 Å². The third-order valence-electron chi connectivity index (χ3n) is 16.7. The summed E-state index contributed by atoms with van der Waals surface area (Å²) < 4.78 is 8.73. The van der Waals surface area contributed by atoms with Crippen LogP contribution in [0.5, 0.6) is 0 Å². The van der Waals surface area contributed by atoms with E-state index in [0.29, 0.717) is 19.2 Å². The van der Waals surface area contributed by atoms with Crippen LogP contribution in [0.25, 0.3) is 34.4 Å². The van der Waals surface area contributed by atoms with Crippen molar-refractivity contribution in [3.63, 3.8) is 0 Å². The molecular weight excluding hydrogens is 783 g/mol. The van der Waals surface area contributed by atoms with Crippen LogP contribution in [0, 0.1) is 0 Å². The van der Waals surface area contributed by atoms with Crippen LogP contribution in [-0.4, -0.2) is 6.94 Å². The average Bonchev–Trinajstić information content (AvgIpc) is 3.95. The van der Waals surface area contributed by atoms with Crippen molar-refractivity contribution in [1.82, 2.24) is 0 Å². The summed E-state index contributed by atoms with van der Waals surface area (Å²) in [6.07, 6.45) is 22.0. The number of benzene rings is 4. The Labute approximate surface area is 299 Å². The first kappa shape index (κ1) is 34.5. The van der Waals surface area contributed by atoms with Gasteiger partial charge in [0.05, 0.1) is 0 Å². The molecule has 0 spiro atoms. The van der Waals surface area contributed by atoms with Crippen LogP contribution in [0.3, 0.4) is 0 Å². The van der Waals surface area contributed by atoms with E-state index >= 15 is 0 Å². The minimum absolute atomic E-state index is 0.487. The molecular formula is C48H60HfSi. The Kier molecular flexibility index (Phi) is 7.75. The Morgan fingerprint density at radius 2 is 0.920 bits per heavy atom. The Balaban J connectivity index is 1.40. The number of hydrogen-bond acceptors (Lipinski definition) is 0. The first-order chi connectivity index (χ1) is 23.8. The topological polar surface area (TPSA) is 0 Å². The average molecular weight is 844 g/mol. The maximum atomic E-state index is 3.08. The van der Waals surface area contributed by atoms with Crippen LogP contribution < -0.4 is 0 Å². The first-order valence-corrected chi connectivity index (χ1v) is 44.0. The van der Waals surface area contributed by atoms with Crippen molar-refractivity contribution in [2.45, 2.75) is 115 Å². The molecule has 0 nitrogen and oxygen atoms in total. The van der Waals surface area contributed by atoms with Gasteiger partial charge in [0.2, 0.25) is 0 Å². The Morgan fingerprint density at radius 1 is 0.540 bits per heavy atom. The summed E-state index contributed by atoms with van der Waals surface area (Å²) in [6, 6.07) is 33.6. The molecule has 0 saturated heterocycles. The van der Waals surface area contributed by atoms with Gasteiger partial charge in [0.25, 0.3) is 0 Å². The summed E-state index contributed by atoms with van der Waals surface area (Å²) in [4.78, 5) is 0. The zero-order valence-electron chi connectivity index (χ0n) is 31.7. The van der Waals surface area contributed by atoms with Crippen LogP contribution in [-0.2, 0) is 14.2 Å². The van der Waals surface area contributed by atoms with Crippen molar-refractivity contribution in [2.75, 3.05) is 0 Å². The Morgan fingerprint density at radius 3 is 1.30 bits per heavy atom. The van der Waals surface area contributed by atoms with Gasteiger partial charge in [-0.2, -0.15) is 0 Å². The van der Waals surface area contributed by atoms with Crippen molar-refractivity contribution in [2.24, 2.45) is 0 Å². The van der Waals surface area contributed by atoms with Crippen molar-refractivity contribution < 1.29 is 14.2 Å². The van der Waals surface area contributed by atoms with Gasteiger partial charge in [0, 0.05) is 0 Å². The molecule has 0 N–H and O–H groups in total. The van der Waals surface area contributed by atoms with Crippen molar-refractivity contribution >= 4 is 19.1 Å². The maximum absolute atomic E-state index is 5.32. The summed E-state index contributed by atoms with van der Waals surface area (Å²) in [5, 5.41) is 0. The molecule has 2 unspecified atom stereocenters. The summed E-state index contributed by atoms with van der Waals surface area (Å²) in [5.41, 5.74) is 14.7. The Bertz CT molecular complexity index is 2040. The molecule has 4 aromatic carbocycles. The monoisotopic (exact) mass is 844 g/mol. The molecule has 2 fully saturated rings. The second-order valence-electron chi connectivity index (χ2n) is 20.1. The molecule has 4 aliphatic rings. The molecule has 0 bridgehead atoms. The van der Waals surface area contributed by atoms with Gasteiger partial charge in [0.15, 0.2) is 0 Å². The second kappa shape index (κ2) is 11.2. The molecule has 4 aliphatic carbocycles. The van der Waals surface area contributed by atoms with Crippen LogP contribution in [0.4, 0.5) is 0 Å². The van der Waals surface area contributed by atoms with Crippen molar-refractivity contribution in [3.05, 3.63) is 130 Å². The predicted octanol–water partition coefficient (Wildman–Crippen LogP) is 14.2. The quantitative estimate of drug-likeness (QED) is 0.155. The molecule has 0 heterocycles. The second-order valence-corrected chi connectivity index (χ2v) is 93.7. The summed E-state index contributed by atoms with van der Waals surface area (Å²) in [5.74, 6) is 1.04. The van der Waals surface area contributed by atoms with Gasteiger partial charge in [-0.05, 0) is 0 Å². The summed E-state index contributed by atoms with van der Waals surface area (Å²) in [7, 11) is 0. The fourth-order valence-electron chi connectivity index (χ4n) is 13.5. The van der Waals surface area contributed by atoms with Crippen molar-refractivity contribution in [3.8, 4) is 22.3 Å². The van der Waals surface area contributed by atoms with Crippen molar-refractivity contribution in [1.29, 1.82) is 0 Å².